The topological polar surface area (TPSA) is 24.7 Å². The molecule has 0 bridgehead atoms. The van der Waals surface area contributed by atoms with Crippen LogP contribution in [-0.4, -0.2) is 25.5 Å². The summed E-state index contributed by atoms with van der Waals surface area (Å²) < 4.78 is 0. The Labute approximate surface area is 136 Å². The third kappa shape index (κ3) is 8.11. The van der Waals surface area contributed by atoms with E-state index in [2.05, 4.69) is 61.9 Å². The fourth-order valence-corrected chi connectivity index (χ4v) is 2.10. The van der Waals surface area contributed by atoms with Crippen molar-refractivity contribution in [2.24, 2.45) is 21.8 Å². The Morgan fingerprint density at radius 3 is 1.82 bits per heavy atom. The highest BCUT2D eigenvalue weighted by Gasteiger charge is 2.05. The van der Waals surface area contributed by atoms with Crippen LogP contribution in [-0.2, 0) is 0 Å². The van der Waals surface area contributed by atoms with Gasteiger partial charge < -0.3 is 0 Å². The molecule has 1 aromatic carbocycles. The fourth-order valence-electron chi connectivity index (χ4n) is 2.10. The summed E-state index contributed by atoms with van der Waals surface area (Å²) in [7, 11) is 0. The summed E-state index contributed by atoms with van der Waals surface area (Å²) in [6.45, 7) is 11.0. The summed E-state index contributed by atoms with van der Waals surface area (Å²) in [6, 6.07) is 8.44. The maximum absolute atomic E-state index is 4.53. The first kappa shape index (κ1) is 18.6. The van der Waals surface area contributed by atoms with E-state index < -0.39 is 0 Å². The third-order valence-corrected chi connectivity index (χ3v) is 4.14. The number of benzene rings is 1. The molecule has 0 aliphatic heterocycles. The molecule has 0 fully saturated rings. The van der Waals surface area contributed by atoms with Crippen LogP contribution < -0.4 is 0 Å². The van der Waals surface area contributed by atoms with Crippen LogP contribution in [0.3, 0.4) is 0 Å². The molecule has 0 radical (unpaired) electrons. The summed E-state index contributed by atoms with van der Waals surface area (Å²) >= 11 is 0. The van der Waals surface area contributed by atoms with E-state index in [0.717, 1.165) is 31.3 Å². The third-order valence-electron chi connectivity index (χ3n) is 4.14. The molecule has 1 aromatic rings. The Hall–Kier alpha value is -1.44. The Morgan fingerprint density at radius 2 is 1.36 bits per heavy atom. The van der Waals surface area contributed by atoms with Crippen molar-refractivity contribution < 1.29 is 0 Å². The van der Waals surface area contributed by atoms with Crippen LogP contribution >= 0.6 is 0 Å². The van der Waals surface area contributed by atoms with Gasteiger partial charge in [0.15, 0.2) is 0 Å². The molecule has 22 heavy (non-hydrogen) atoms. The maximum Gasteiger partial charge on any atom is 0.0389 e. The van der Waals surface area contributed by atoms with Crippen molar-refractivity contribution in [1.29, 1.82) is 0 Å². The molecule has 2 heteroatoms. The number of hydrogen-bond donors (Lipinski definition) is 0. The van der Waals surface area contributed by atoms with Crippen LogP contribution in [0.1, 0.15) is 64.5 Å². The zero-order valence-electron chi connectivity index (χ0n) is 14.8. The number of aliphatic imine (C=N–C) groups is 2. The normalized spacial score (nSPS) is 13.5. The highest BCUT2D eigenvalue weighted by Crippen LogP contribution is 2.15. The highest BCUT2D eigenvalue weighted by atomic mass is 14.7. The first-order valence-electron chi connectivity index (χ1n) is 8.73. The predicted octanol–water partition coefficient (Wildman–Crippen LogP) is 5.40. The molecule has 0 saturated heterocycles. The van der Waals surface area contributed by atoms with Crippen LogP contribution in [0.25, 0.3) is 0 Å². The van der Waals surface area contributed by atoms with Gasteiger partial charge in [-0.3, -0.25) is 9.98 Å². The Kier molecular flexibility index (Phi) is 9.45. The van der Waals surface area contributed by atoms with Gasteiger partial charge in [0.25, 0.3) is 0 Å². The van der Waals surface area contributed by atoms with E-state index in [1.807, 2.05) is 12.4 Å². The standard InChI is InChI=1S/C20H32N2/c1-5-6-13-21-15-19-9-11-20(12-10-19)16-22-14-7-8-18(4)17(2)3/h9-12,15-18H,5-8,13-14H2,1-4H3. The van der Waals surface area contributed by atoms with Crippen LogP contribution in [0, 0.1) is 11.8 Å². The molecule has 1 rings (SSSR count). The van der Waals surface area contributed by atoms with Gasteiger partial charge in [-0.2, -0.15) is 0 Å². The summed E-state index contributed by atoms with van der Waals surface area (Å²) in [6.07, 6.45) is 8.75. The van der Waals surface area contributed by atoms with Crippen molar-refractivity contribution in [3.8, 4) is 0 Å². The fraction of sp³-hybridized carbons (Fsp3) is 0.600. The summed E-state index contributed by atoms with van der Waals surface area (Å²) in [5.74, 6) is 1.57. The zero-order valence-corrected chi connectivity index (χ0v) is 14.8. The van der Waals surface area contributed by atoms with Gasteiger partial charge in [0, 0.05) is 25.5 Å². The van der Waals surface area contributed by atoms with E-state index in [9.17, 15) is 0 Å². The molecule has 0 aliphatic carbocycles. The smallest absolute Gasteiger partial charge is 0.0389 e. The minimum atomic E-state index is 0.774. The van der Waals surface area contributed by atoms with E-state index in [4.69, 9.17) is 0 Å². The molecule has 0 aliphatic rings. The lowest BCUT2D eigenvalue weighted by molar-refractivity contribution is 0.385. The van der Waals surface area contributed by atoms with Crippen molar-refractivity contribution >= 4 is 12.4 Å². The molecule has 0 aromatic heterocycles. The number of hydrogen-bond acceptors (Lipinski definition) is 2. The lowest BCUT2D eigenvalue weighted by Crippen LogP contribution is -2.04. The Morgan fingerprint density at radius 1 is 0.864 bits per heavy atom. The molecule has 122 valence electrons. The number of rotatable bonds is 10. The molecule has 0 heterocycles. The number of unbranched alkanes of at least 4 members (excludes halogenated alkanes) is 1. The lowest BCUT2D eigenvalue weighted by Gasteiger charge is -2.13. The van der Waals surface area contributed by atoms with Gasteiger partial charge in [-0.1, -0.05) is 58.4 Å². The van der Waals surface area contributed by atoms with Crippen LogP contribution in [0.5, 0.6) is 0 Å². The number of nitrogens with zero attached hydrogens (tertiary/aromatic N) is 2. The van der Waals surface area contributed by atoms with Crippen LogP contribution in [0.4, 0.5) is 0 Å². The Balaban J connectivity index is 2.31. The highest BCUT2D eigenvalue weighted by molar-refractivity contribution is 5.84. The molecular formula is C20H32N2. The summed E-state index contributed by atoms with van der Waals surface area (Å²) in [5, 5.41) is 0. The Bertz CT molecular complexity index is 443. The molecule has 0 amide bonds. The van der Waals surface area contributed by atoms with Gasteiger partial charge in [-0.05, 0) is 42.2 Å². The molecular weight excluding hydrogens is 268 g/mol. The monoisotopic (exact) mass is 300 g/mol. The maximum atomic E-state index is 4.53. The molecule has 0 spiro atoms. The molecule has 0 N–H and O–H groups in total. The van der Waals surface area contributed by atoms with Gasteiger partial charge in [0.05, 0.1) is 0 Å². The minimum absolute atomic E-state index is 0.774. The second kappa shape index (κ2) is 11.2. The summed E-state index contributed by atoms with van der Waals surface area (Å²) in [4.78, 5) is 8.95. The van der Waals surface area contributed by atoms with E-state index in [0.29, 0.717) is 0 Å². The predicted molar refractivity (Wildman–Crippen MR) is 99.5 cm³/mol. The van der Waals surface area contributed by atoms with Crippen molar-refractivity contribution in [2.45, 2.75) is 53.4 Å². The van der Waals surface area contributed by atoms with Gasteiger partial charge in [0.2, 0.25) is 0 Å². The van der Waals surface area contributed by atoms with Crippen molar-refractivity contribution in [1.82, 2.24) is 0 Å². The van der Waals surface area contributed by atoms with Gasteiger partial charge in [0.1, 0.15) is 0 Å². The van der Waals surface area contributed by atoms with Crippen LogP contribution in [0.2, 0.25) is 0 Å². The average molecular weight is 300 g/mol. The van der Waals surface area contributed by atoms with Gasteiger partial charge in [-0.15, -0.1) is 0 Å². The average Bonchev–Trinajstić information content (AvgIpc) is 2.52. The second-order valence-corrected chi connectivity index (χ2v) is 6.45. The minimum Gasteiger partial charge on any atom is -0.293 e. The van der Waals surface area contributed by atoms with Crippen molar-refractivity contribution in [2.75, 3.05) is 13.1 Å². The zero-order chi connectivity index (χ0) is 16.2. The van der Waals surface area contributed by atoms with E-state index in [1.165, 1.54) is 30.4 Å². The van der Waals surface area contributed by atoms with Gasteiger partial charge >= 0.3 is 0 Å². The first-order valence-corrected chi connectivity index (χ1v) is 8.73. The van der Waals surface area contributed by atoms with E-state index in [-0.39, 0.29) is 0 Å². The molecule has 1 unspecified atom stereocenters. The largest absolute Gasteiger partial charge is 0.293 e. The quantitative estimate of drug-likeness (QED) is 0.408. The second-order valence-electron chi connectivity index (χ2n) is 6.45. The lowest BCUT2D eigenvalue weighted by atomic mass is 9.93. The SMILES string of the molecule is CCCCN=Cc1ccc(C=NCCCC(C)C(C)C)cc1. The van der Waals surface area contributed by atoms with Crippen LogP contribution in [0.15, 0.2) is 34.3 Å². The van der Waals surface area contributed by atoms with E-state index >= 15 is 0 Å². The molecule has 1 atom stereocenters. The van der Waals surface area contributed by atoms with E-state index in [1.54, 1.807) is 0 Å². The van der Waals surface area contributed by atoms with Gasteiger partial charge in [-0.25, -0.2) is 0 Å². The summed E-state index contributed by atoms with van der Waals surface area (Å²) in [5.41, 5.74) is 2.33. The van der Waals surface area contributed by atoms with Crippen molar-refractivity contribution in [3.63, 3.8) is 0 Å². The molecule has 0 saturated carbocycles. The first-order chi connectivity index (χ1) is 10.6. The van der Waals surface area contributed by atoms with Crippen molar-refractivity contribution in [3.05, 3.63) is 35.4 Å². The molecule has 2 nitrogen and oxygen atoms in total.